The van der Waals surface area contributed by atoms with E-state index < -0.39 is 10.0 Å². The second-order valence-corrected chi connectivity index (χ2v) is 6.89. The Morgan fingerprint density at radius 3 is 2.56 bits per heavy atom. The third kappa shape index (κ3) is 3.18. The molecule has 2 atom stereocenters. The van der Waals surface area contributed by atoms with Gasteiger partial charge in [0, 0.05) is 12.6 Å². The summed E-state index contributed by atoms with van der Waals surface area (Å²) in [7, 11) is -3.30. The molecule has 0 bridgehead atoms. The highest BCUT2D eigenvalue weighted by Gasteiger charge is 2.33. The average molecular weight is 246 g/mol. The number of nitrogens with two attached hydrogens (primary N) is 1. The summed E-state index contributed by atoms with van der Waals surface area (Å²) in [6.07, 6.45) is 7.77. The Hall–Kier alpha value is -0.130. The first-order valence-electron chi connectivity index (χ1n) is 6.31. The lowest BCUT2D eigenvalue weighted by Gasteiger charge is -2.44. The van der Waals surface area contributed by atoms with Gasteiger partial charge >= 0.3 is 0 Å². The highest BCUT2D eigenvalue weighted by atomic mass is 32.2. The van der Waals surface area contributed by atoms with E-state index in [-0.39, 0.29) is 5.75 Å². The molecule has 2 rings (SSSR count). The fourth-order valence-electron chi connectivity index (χ4n) is 3.25. The molecule has 0 aromatic rings. The third-order valence-electron chi connectivity index (χ3n) is 4.02. The average Bonchev–Trinajstić information content (AvgIpc) is 2.25. The third-order valence-corrected chi connectivity index (χ3v) is 4.77. The molecule has 16 heavy (non-hydrogen) atoms. The van der Waals surface area contributed by atoms with Crippen molar-refractivity contribution in [3.05, 3.63) is 0 Å². The summed E-state index contributed by atoms with van der Waals surface area (Å²) in [6, 6.07) is 0.629. The number of rotatable bonds is 3. The zero-order valence-corrected chi connectivity index (χ0v) is 10.6. The fourth-order valence-corrected chi connectivity index (χ4v) is 3.74. The van der Waals surface area contributed by atoms with Crippen LogP contribution in [0.15, 0.2) is 0 Å². The van der Waals surface area contributed by atoms with E-state index >= 15 is 0 Å². The molecule has 2 N–H and O–H groups in total. The Morgan fingerprint density at radius 2 is 1.81 bits per heavy atom. The number of piperidine rings is 1. The van der Waals surface area contributed by atoms with Gasteiger partial charge in [0.1, 0.15) is 0 Å². The Morgan fingerprint density at radius 1 is 1.12 bits per heavy atom. The van der Waals surface area contributed by atoms with Crippen LogP contribution in [0.1, 0.15) is 38.5 Å². The Kier molecular flexibility index (Phi) is 3.87. The van der Waals surface area contributed by atoms with Gasteiger partial charge in [-0.1, -0.05) is 12.8 Å². The highest BCUT2D eigenvalue weighted by Crippen LogP contribution is 2.34. The second kappa shape index (κ2) is 5.02. The summed E-state index contributed by atoms with van der Waals surface area (Å²) in [5.41, 5.74) is 0. The molecule has 0 radical (unpaired) electrons. The molecular weight excluding hydrogens is 224 g/mol. The van der Waals surface area contributed by atoms with E-state index in [2.05, 4.69) is 4.90 Å². The summed E-state index contributed by atoms with van der Waals surface area (Å²) in [5.74, 6) is 0.916. The number of hydrogen-bond acceptors (Lipinski definition) is 3. The van der Waals surface area contributed by atoms with Gasteiger partial charge in [-0.05, 0) is 38.1 Å². The van der Waals surface area contributed by atoms with E-state index in [0.29, 0.717) is 12.6 Å². The molecule has 2 aliphatic rings. The molecule has 4 nitrogen and oxygen atoms in total. The first kappa shape index (κ1) is 12.3. The van der Waals surface area contributed by atoms with Crippen LogP contribution in [0, 0.1) is 5.92 Å². The van der Waals surface area contributed by atoms with Crippen LogP contribution in [0.3, 0.4) is 0 Å². The Bertz CT molecular complexity index is 327. The molecule has 0 amide bonds. The molecule has 1 saturated heterocycles. The van der Waals surface area contributed by atoms with Gasteiger partial charge in [0.2, 0.25) is 10.0 Å². The number of hydrogen-bond donors (Lipinski definition) is 1. The second-order valence-electron chi connectivity index (χ2n) is 5.16. The summed E-state index contributed by atoms with van der Waals surface area (Å²) in [4.78, 5) is 2.36. The van der Waals surface area contributed by atoms with Crippen LogP contribution in [0.5, 0.6) is 0 Å². The van der Waals surface area contributed by atoms with Crippen LogP contribution in [0.4, 0.5) is 0 Å². The lowest BCUT2D eigenvalue weighted by Crippen LogP contribution is -2.48. The fraction of sp³-hybridized carbons (Fsp3) is 1.00. The molecule has 2 fully saturated rings. The summed E-state index contributed by atoms with van der Waals surface area (Å²) in [5, 5.41) is 5.07. The number of primary sulfonamides is 1. The van der Waals surface area contributed by atoms with Gasteiger partial charge in [-0.15, -0.1) is 0 Å². The van der Waals surface area contributed by atoms with Gasteiger partial charge in [-0.3, -0.25) is 4.90 Å². The lowest BCUT2D eigenvalue weighted by molar-refractivity contribution is 0.0663. The molecule has 1 aliphatic carbocycles. The summed E-state index contributed by atoms with van der Waals surface area (Å²) >= 11 is 0. The first-order valence-corrected chi connectivity index (χ1v) is 8.02. The SMILES string of the molecule is NS(=O)(=O)CCN1CCCC2CCCCC21. The van der Waals surface area contributed by atoms with E-state index in [9.17, 15) is 8.42 Å². The van der Waals surface area contributed by atoms with Crippen molar-refractivity contribution in [2.75, 3.05) is 18.8 Å². The minimum Gasteiger partial charge on any atom is -0.299 e. The Balaban J connectivity index is 1.92. The van der Waals surface area contributed by atoms with E-state index in [1.54, 1.807) is 0 Å². The number of likely N-dealkylation sites (tertiary alicyclic amines) is 1. The Labute approximate surface area is 98.2 Å². The molecule has 0 aromatic heterocycles. The zero-order chi connectivity index (χ0) is 11.6. The van der Waals surface area contributed by atoms with Crippen molar-refractivity contribution < 1.29 is 8.42 Å². The maximum atomic E-state index is 11.0. The number of fused-ring (bicyclic) bond motifs is 1. The van der Waals surface area contributed by atoms with Crippen molar-refractivity contribution >= 4 is 10.0 Å². The van der Waals surface area contributed by atoms with E-state index in [1.807, 2.05) is 0 Å². The van der Waals surface area contributed by atoms with Gasteiger partial charge in [-0.25, -0.2) is 13.6 Å². The minimum absolute atomic E-state index is 0.107. The van der Waals surface area contributed by atoms with Gasteiger partial charge in [0.15, 0.2) is 0 Å². The van der Waals surface area contributed by atoms with E-state index in [4.69, 9.17) is 5.14 Å². The quantitative estimate of drug-likeness (QED) is 0.805. The molecular formula is C11H22N2O2S. The van der Waals surface area contributed by atoms with Gasteiger partial charge in [0.25, 0.3) is 0 Å². The number of nitrogens with zero attached hydrogens (tertiary/aromatic N) is 1. The monoisotopic (exact) mass is 246 g/mol. The molecule has 94 valence electrons. The summed E-state index contributed by atoms with van der Waals surface area (Å²) in [6.45, 7) is 1.68. The minimum atomic E-state index is -3.30. The van der Waals surface area contributed by atoms with Crippen LogP contribution < -0.4 is 5.14 Å². The van der Waals surface area contributed by atoms with Crippen molar-refractivity contribution in [2.45, 2.75) is 44.6 Å². The first-order chi connectivity index (χ1) is 7.56. The molecule has 1 aliphatic heterocycles. The highest BCUT2D eigenvalue weighted by molar-refractivity contribution is 7.89. The molecule has 0 aromatic carbocycles. The van der Waals surface area contributed by atoms with Crippen LogP contribution in [0.25, 0.3) is 0 Å². The van der Waals surface area contributed by atoms with Crippen LogP contribution in [0.2, 0.25) is 0 Å². The molecule has 1 saturated carbocycles. The topological polar surface area (TPSA) is 63.4 Å². The van der Waals surface area contributed by atoms with Crippen molar-refractivity contribution in [1.82, 2.24) is 4.90 Å². The zero-order valence-electron chi connectivity index (χ0n) is 9.77. The van der Waals surface area contributed by atoms with Gasteiger partial charge < -0.3 is 0 Å². The molecule has 1 heterocycles. The number of sulfonamides is 1. The normalized spacial score (nSPS) is 32.3. The smallest absolute Gasteiger partial charge is 0.210 e. The van der Waals surface area contributed by atoms with Crippen LogP contribution >= 0.6 is 0 Å². The maximum Gasteiger partial charge on any atom is 0.210 e. The largest absolute Gasteiger partial charge is 0.299 e. The van der Waals surface area contributed by atoms with Crippen molar-refractivity contribution in [3.63, 3.8) is 0 Å². The van der Waals surface area contributed by atoms with Crippen molar-refractivity contribution in [1.29, 1.82) is 0 Å². The van der Waals surface area contributed by atoms with E-state index in [0.717, 1.165) is 12.5 Å². The molecule has 5 heteroatoms. The van der Waals surface area contributed by atoms with Crippen molar-refractivity contribution in [2.24, 2.45) is 11.1 Å². The van der Waals surface area contributed by atoms with Crippen LogP contribution in [-0.4, -0.2) is 38.2 Å². The standard InChI is InChI=1S/C11H22N2O2S/c12-16(14,15)9-8-13-7-3-5-10-4-1-2-6-11(10)13/h10-11H,1-9H2,(H2,12,14,15). The van der Waals surface area contributed by atoms with Gasteiger partial charge in [-0.2, -0.15) is 0 Å². The molecule has 0 spiro atoms. The van der Waals surface area contributed by atoms with E-state index in [1.165, 1.54) is 38.5 Å². The lowest BCUT2D eigenvalue weighted by atomic mass is 9.78. The summed E-state index contributed by atoms with van der Waals surface area (Å²) < 4.78 is 22.0. The maximum absolute atomic E-state index is 11.0. The van der Waals surface area contributed by atoms with Crippen LogP contribution in [-0.2, 0) is 10.0 Å². The van der Waals surface area contributed by atoms with Gasteiger partial charge in [0.05, 0.1) is 5.75 Å². The predicted molar refractivity (Wildman–Crippen MR) is 64.5 cm³/mol. The molecule has 2 unspecified atom stereocenters. The van der Waals surface area contributed by atoms with Crippen molar-refractivity contribution in [3.8, 4) is 0 Å². The predicted octanol–water partition coefficient (Wildman–Crippen LogP) is 0.929.